The van der Waals surface area contributed by atoms with Gasteiger partial charge in [0.15, 0.2) is 5.60 Å². The van der Waals surface area contributed by atoms with Crippen molar-refractivity contribution in [1.29, 1.82) is 0 Å². The molecule has 0 bridgehead atoms. The summed E-state index contributed by atoms with van der Waals surface area (Å²) < 4.78 is 67.7. The van der Waals surface area contributed by atoms with Crippen LogP contribution in [0.4, 0.5) is 18.9 Å². The van der Waals surface area contributed by atoms with E-state index in [1.807, 2.05) is 35.2 Å². The summed E-state index contributed by atoms with van der Waals surface area (Å²) in [6.07, 6.45) is -4.23. The molecular formula is C24H25F3N2O3S2. The number of nitrogens with zero attached hydrogens (tertiary/aromatic N) is 2. The molecule has 182 valence electrons. The van der Waals surface area contributed by atoms with Crippen molar-refractivity contribution in [3.8, 4) is 0 Å². The number of rotatable bonds is 6. The zero-order chi connectivity index (χ0) is 24.6. The largest absolute Gasteiger partial charge is 0.421 e. The van der Waals surface area contributed by atoms with Crippen molar-refractivity contribution in [2.24, 2.45) is 0 Å². The molecule has 0 spiro atoms. The number of sulfonamides is 1. The molecule has 0 radical (unpaired) electrons. The monoisotopic (exact) mass is 510 g/mol. The van der Waals surface area contributed by atoms with E-state index < -0.39 is 21.8 Å². The van der Waals surface area contributed by atoms with Gasteiger partial charge in [0.25, 0.3) is 10.0 Å². The van der Waals surface area contributed by atoms with Crippen LogP contribution in [-0.4, -0.2) is 49.7 Å². The number of alkyl halides is 3. The zero-order valence-electron chi connectivity index (χ0n) is 18.4. The highest BCUT2D eigenvalue weighted by Gasteiger charge is 2.51. The van der Waals surface area contributed by atoms with Crippen molar-refractivity contribution < 1.29 is 26.7 Å². The first-order valence-corrected chi connectivity index (χ1v) is 13.1. The molecule has 0 aliphatic carbocycles. The molecule has 1 unspecified atom stereocenters. The predicted molar refractivity (Wildman–Crippen MR) is 126 cm³/mol. The Kier molecular flexibility index (Phi) is 6.78. The second-order valence-electron chi connectivity index (χ2n) is 8.45. The molecule has 0 saturated carbocycles. The van der Waals surface area contributed by atoms with Crippen molar-refractivity contribution in [3.05, 3.63) is 83.2 Å². The van der Waals surface area contributed by atoms with E-state index in [1.165, 1.54) is 27.8 Å². The first-order valence-electron chi connectivity index (χ1n) is 10.7. The van der Waals surface area contributed by atoms with E-state index in [0.29, 0.717) is 18.7 Å². The Morgan fingerprint density at radius 2 is 1.68 bits per heavy atom. The maximum Gasteiger partial charge on any atom is 0.421 e. The van der Waals surface area contributed by atoms with Crippen LogP contribution in [0.2, 0.25) is 0 Å². The molecule has 1 aromatic heterocycles. The lowest BCUT2D eigenvalue weighted by molar-refractivity contribution is -0.258. The summed E-state index contributed by atoms with van der Waals surface area (Å²) in [5.74, 6) is 0. The molecule has 10 heteroatoms. The van der Waals surface area contributed by atoms with E-state index in [2.05, 4.69) is 0 Å². The van der Waals surface area contributed by atoms with Gasteiger partial charge in [-0.2, -0.15) is 17.5 Å². The molecule has 1 aliphatic rings. The molecule has 5 nitrogen and oxygen atoms in total. The Bertz CT molecular complexity index is 1200. The molecule has 1 aliphatic heterocycles. The second-order valence-corrected chi connectivity index (χ2v) is 11.6. The van der Waals surface area contributed by atoms with Gasteiger partial charge >= 0.3 is 6.18 Å². The first kappa shape index (κ1) is 24.7. The predicted octanol–water partition coefficient (Wildman–Crippen LogP) is 4.64. The smallest absolute Gasteiger partial charge is 0.376 e. The SMILES string of the molecule is CC(O)(c1ccc(N2CCN(S(=O)(=O)c3cccs3)C[C@@H]2Cc2ccccc2)cc1)C(F)(F)F. The molecule has 34 heavy (non-hydrogen) atoms. The standard InChI is InChI=1S/C24H25F3N2O3S2/c1-23(30,24(25,26)27)19-9-11-20(12-10-19)29-14-13-28(34(31,32)22-8-5-15-33-22)17-21(29)16-18-6-3-2-4-7-18/h2-12,15,21,30H,13-14,16-17H2,1H3/t21-,23?/m0/s1. The third-order valence-corrected chi connectivity index (χ3v) is 9.40. The average Bonchev–Trinajstić information content (AvgIpc) is 3.35. The highest BCUT2D eigenvalue weighted by molar-refractivity contribution is 7.91. The molecule has 2 heterocycles. The summed E-state index contributed by atoms with van der Waals surface area (Å²) in [6.45, 7) is 1.62. The van der Waals surface area contributed by atoms with E-state index in [-0.39, 0.29) is 28.9 Å². The highest BCUT2D eigenvalue weighted by atomic mass is 32.2. The van der Waals surface area contributed by atoms with Gasteiger partial charge in [-0.15, -0.1) is 11.3 Å². The Morgan fingerprint density at radius 1 is 1.00 bits per heavy atom. The topological polar surface area (TPSA) is 60.9 Å². The maximum atomic E-state index is 13.2. The number of halogens is 3. The van der Waals surface area contributed by atoms with Crippen LogP contribution in [0.3, 0.4) is 0 Å². The zero-order valence-corrected chi connectivity index (χ0v) is 20.1. The van der Waals surface area contributed by atoms with Crippen LogP contribution in [0.25, 0.3) is 0 Å². The first-order chi connectivity index (χ1) is 16.0. The van der Waals surface area contributed by atoms with E-state index in [1.54, 1.807) is 29.6 Å². The summed E-state index contributed by atoms with van der Waals surface area (Å²) in [6, 6.07) is 18.4. The summed E-state index contributed by atoms with van der Waals surface area (Å²) in [5, 5.41) is 11.7. The fraction of sp³-hybridized carbons (Fsp3) is 0.333. The lowest BCUT2D eigenvalue weighted by atomic mass is 9.94. The Morgan fingerprint density at radius 3 is 2.26 bits per heavy atom. The van der Waals surface area contributed by atoms with Crippen LogP contribution in [0.5, 0.6) is 0 Å². The highest BCUT2D eigenvalue weighted by Crippen LogP contribution is 2.39. The number of piperazine rings is 1. The summed E-state index contributed by atoms with van der Waals surface area (Å²) in [7, 11) is -3.62. The van der Waals surface area contributed by atoms with Crippen LogP contribution in [0, 0.1) is 0 Å². The van der Waals surface area contributed by atoms with Crippen molar-refractivity contribution in [1.82, 2.24) is 4.31 Å². The van der Waals surface area contributed by atoms with Crippen LogP contribution >= 0.6 is 11.3 Å². The van der Waals surface area contributed by atoms with Gasteiger partial charge in [-0.1, -0.05) is 48.5 Å². The van der Waals surface area contributed by atoms with Crippen molar-refractivity contribution >= 4 is 27.0 Å². The fourth-order valence-corrected chi connectivity index (χ4v) is 6.74. The molecule has 2 atom stereocenters. The van der Waals surface area contributed by atoms with Crippen LogP contribution < -0.4 is 4.90 Å². The van der Waals surface area contributed by atoms with Crippen molar-refractivity contribution in [3.63, 3.8) is 0 Å². The third kappa shape index (κ3) is 4.86. The maximum absolute atomic E-state index is 13.2. The van der Waals surface area contributed by atoms with Gasteiger partial charge in [0.05, 0.1) is 0 Å². The molecule has 3 aromatic rings. The number of thiophene rings is 1. The van der Waals surface area contributed by atoms with Gasteiger partial charge in [-0.3, -0.25) is 0 Å². The lowest BCUT2D eigenvalue weighted by Crippen LogP contribution is -2.55. The van der Waals surface area contributed by atoms with Crippen LogP contribution in [-0.2, 0) is 22.0 Å². The summed E-state index contributed by atoms with van der Waals surface area (Å²) >= 11 is 1.17. The minimum Gasteiger partial charge on any atom is -0.376 e. The van der Waals surface area contributed by atoms with Crippen LogP contribution in [0.1, 0.15) is 18.1 Å². The number of benzene rings is 2. The van der Waals surface area contributed by atoms with Crippen molar-refractivity contribution in [2.45, 2.75) is 35.4 Å². The summed E-state index contributed by atoms with van der Waals surface area (Å²) in [5.41, 5.74) is -1.50. The van der Waals surface area contributed by atoms with Crippen LogP contribution in [0.15, 0.2) is 76.3 Å². The quantitative estimate of drug-likeness (QED) is 0.525. The molecule has 2 aromatic carbocycles. The van der Waals surface area contributed by atoms with E-state index in [4.69, 9.17) is 0 Å². The minimum absolute atomic E-state index is 0.222. The van der Waals surface area contributed by atoms with E-state index in [9.17, 15) is 26.7 Å². The number of hydrogen-bond acceptors (Lipinski definition) is 5. The van der Waals surface area contributed by atoms with E-state index >= 15 is 0 Å². The van der Waals surface area contributed by atoms with Gasteiger partial charge in [-0.25, -0.2) is 8.42 Å². The summed E-state index contributed by atoms with van der Waals surface area (Å²) in [4.78, 5) is 2.03. The van der Waals surface area contributed by atoms with Crippen molar-refractivity contribution in [2.75, 3.05) is 24.5 Å². The minimum atomic E-state index is -4.80. The van der Waals surface area contributed by atoms with Gasteiger partial charge in [-0.05, 0) is 48.1 Å². The number of hydrogen-bond donors (Lipinski definition) is 1. The molecule has 0 amide bonds. The molecule has 1 N–H and O–H groups in total. The van der Waals surface area contributed by atoms with E-state index in [0.717, 1.165) is 12.5 Å². The molecule has 1 saturated heterocycles. The third-order valence-electron chi connectivity index (χ3n) is 6.16. The second kappa shape index (κ2) is 9.33. The van der Waals surface area contributed by atoms with Gasteiger partial charge in [0.2, 0.25) is 0 Å². The van der Waals surface area contributed by atoms with Gasteiger partial charge in [0.1, 0.15) is 4.21 Å². The fourth-order valence-electron chi connectivity index (χ4n) is 4.12. The Balaban J connectivity index is 1.62. The molecule has 4 rings (SSSR count). The molecular weight excluding hydrogens is 485 g/mol. The van der Waals surface area contributed by atoms with Gasteiger partial charge in [0, 0.05) is 31.4 Å². The van der Waals surface area contributed by atoms with Gasteiger partial charge < -0.3 is 10.0 Å². The normalized spacial score (nSPS) is 19.7. The Labute approximate surface area is 201 Å². The Hall–Kier alpha value is -2.40. The number of anilines is 1. The number of aliphatic hydroxyl groups is 1. The lowest BCUT2D eigenvalue weighted by Gasteiger charge is -2.42. The molecule has 1 fully saturated rings. The average molecular weight is 511 g/mol.